The van der Waals surface area contributed by atoms with E-state index in [1.54, 1.807) is 6.07 Å². The van der Waals surface area contributed by atoms with E-state index < -0.39 is 0 Å². The number of aromatic nitrogens is 1. The summed E-state index contributed by atoms with van der Waals surface area (Å²) in [5, 5.41) is 0.644. The van der Waals surface area contributed by atoms with Gasteiger partial charge in [-0.3, -0.25) is 4.79 Å². The summed E-state index contributed by atoms with van der Waals surface area (Å²) in [6.07, 6.45) is 4.48. The summed E-state index contributed by atoms with van der Waals surface area (Å²) in [4.78, 5) is 13.1. The molecule has 0 atom stereocenters. The van der Waals surface area contributed by atoms with E-state index >= 15 is 0 Å². The van der Waals surface area contributed by atoms with Gasteiger partial charge in [0.2, 0.25) is 0 Å². The van der Waals surface area contributed by atoms with Gasteiger partial charge in [-0.2, -0.15) is 0 Å². The molecule has 94 valence electrons. The Morgan fingerprint density at radius 3 is 2.67 bits per heavy atom. The number of nitrogens with zero attached hydrogens (tertiary/aromatic N) is 2. The summed E-state index contributed by atoms with van der Waals surface area (Å²) in [6, 6.07) is 4.48. The summed E-state index contributed by atoms with van der Waals surface area (Å²) in [5.41, 5.74) is 2.14. The molecule has 0 aliphatic heterocycles. The number of hydrogen-bond acceptors (Lipinski definition) is 2. The summed E-state index contributed by atoms with van der Waals surface area (Å²) in [6.45, 7) is 0. The Morgan fingerprint density at radius 1 is 1.33 bits per heavy atom. The van der Waals surface area contributed by atoms with Crippen molar-refractivity contribution in [1.29, 1.82) is 0 Å². The van der Waals surface area contributed by atoms with Crippen LogP contribution in [0.4, 0.5) is 4.39 Å². The van der Waals surface area contributed by atoms with Gasteiger partial charge in [-0.15, -0.1) is 0 Å². The molecule has 0 aliphatic carbocycles. The van der Waals surface area contributed by atoms with Crippen LogP contribution < -0.4 is 0 Å². The Bertz CT molecular complexity index is 626. The normalized spacial score (nSPS) is 11.3. The third kappa shape index (κ3) is 2.01. The Kier molecular flexibility index (Phi) is 3.19. The van der Waals surface area contributed by atoms with Crippen LogP contribution in [0.1, 0.15) is 16.1 Å². The number of carbonyl (C=O) groups excluding carboxylic acids is 1. The molecule has 1 heterocycles. The van der Waals surface area contributed by atoms with Gasteiger partial charge >= 0.3 is 0 Å². The Labute approximate surface area is 105 Å². The maximum atomic E-state index is 13.3. The molecule has 0 saturated carbocycles. The smallest absolute Gasteiger partial charge is 0.152 e. The molecule has 1 aromatic heterocycles. The summed E-state index contributed by atoms with van der Waals surface area (Å²) < 4.78 is 15.1. The van der Waals surface area contributed by atoms with E-state index in [2.05, 4.69) is 0 Å². The SMILES string of the molecule is CN(C)/C=C/c1c(C=O)c2cc(F)ccc2n1C. The molecule has 3 nitrogen and oxygen atoms in total. The van der Waals surface area contributed by atoms with Crippen LogP contribution in [-0.2, 0) is 7.05 Å². The maximum Gasteiger partial charge on any atom is 0.152 e. The lowest BCUT2D eigenvalue weighted by Gasteiger charge is -2.04. The molecule has 0 bridgehead atoms. The molecule has 0 saturated heterocycles. The van der Waals surface area contributed by atoms with Crippen molar-refractivity contribution in [2.45, 2.75) is 0 Å². The number of aldehydes is 1. The van der Waals surface area contributed by atoms with Gasteiger partial charge in [0.1, 0.15) is 5.82 Å². The van der Waals surface area contributed by atoms with Gasteiger partial charge in [0, 0.05) is 43.8 Å². The molecule has 0 N–H and O–H groups in total. The van der Waals surface area contributed by atoms with Crippen LogP contribution in [0.5, 0.6) is 0 Å². The summed E-state index contributed by atoms with van der Waals surface area (Å²) >= 11 is 0. The average Bonchev–Trinajstić information content (AvgIpc) is 2.58. The van der Waals surface area contributed by atoms with Crippen molar-refractivity contribution >= 4 is 23.3 Å². The third-order valence-electron chi connectivity index (χ3n) is 2.90. The zero-order valence-electron chi connectivity index (χ0n) is 10.6. The van der Waals surface area contributed by atoms with Gasteiger partial charge in [0.25, 0.3) is 0 Å². The van der Waals surface area contributed by atoms with E-state index in [9.17, 15) is 9.18 Å². The molecule has 0 spiro atoms. The zero-order valence-corrected chi connectivity index (χ0v) is 10.6. The van der Waals surface area contributed by atoms with Crippen molar-refractivity contribution in [3.05, 3.63) is 41.5 Å². The molecular weight excluding hydrogens is 231 g/mol. The van der Waals surface area contributed by atoms with E-state index in [0.717, 1.165) is 17.5 Å². The number of carbonyl (C=O) groups is 1. The monoisotopic (exact) mass is 246 g/mol. The van der Waals surface area contributed by atoms with Crippen molar-refractivity contribution in [3.63, 3.8) is 0 Å². The molecule has 0 aliphatic rings. The first-order valence-electron chi connectivity index (χ1n) is 5.62. The minimum Gasteiger partial charge on any atom is -0.383 e. The van der Waals surface area contributed by atoms with Gasteiger partial charge < -0.3 is 9.47 Å². The quantitative estimate of drug-likeness (QED) is 0.778. The molecular formula is C14H15FN2O. The Balaban J connectivity index is 2.72. The molecule has 2 rings (SSSR count). The number of benzene rings is 1. The third-order valence-corrected chi connectivity index (χ3v) is 2.90. The van der Waals surface area contributed by atoms with Crippen molar-refractivity contribution in [2.75, 3.05) is 14.1 Å². The van der Waals surface area contributed by atoms with Gasteiger partial charge in [0.05, 0.1) is 5.69 Å². The Hall–Kier alpha value is -2.10. The van der Waals surface area contributed by atoms with Crippen LogP contribution in [0, 0.1) is 5.82 Å². The number of halogens is 1. The number of rotatable bonds is 3. The first-order valence-corrected chi connectivity index (χ1v) is 5.62. The lowest BCUT2D eigenvalue weighted by Crippen LogP contribution is -2.01. The van der Waals surface area contributed by atoms with Crippen molar-refractivity contribution < 1.29 is 9.18 Å². The molecule has 0 fully saturated rings. The minimum atomic E-state index is -0.334. The first-order chi connectivity index (χ1) is 8.54. The lowest BCUT2D eigenvalue weighted by atomic mass is 10.1. The van der Waals surface area contributed by atoms with Crippen LogP contribution in [0.25, 0.3) is 17.0 Å². The predicted octanol–water partition coefficient (Wildman–Crippen LogP) is 2.66. The average molecular weight is 246 g/mol. The highest BCUT2D eigenvalue weighted by molar-refractivity contribution is 6.01. The van der Waals surface area contributed by atoms with Crippen molar-refractivity contribution in [3.8, 4) is 0 Å². The highest BCUT2D eigenvalue weighted by atomic mass is 19.1. The topological polar surface area (TPSA) is 25.2 Å². The second kappa shape index (κ2) is 4.64. The van der Waals surface area contributed by atoms with Crippen LogP contribution in [0.3, 0.4) is 0 Å². The fraction of sp³-hybridized carbons (Fsp3) is 0.214. The number of aryl methyl sites for hydroxylation is 1. The molecule has 0 radical (unpaired) electrons. The fourth-order valence-electron chi connectivity index (χ4n) is 2.01. The highest BCUT2D eigenvalue weighted by Gasteiger charge is 2.13. The fourth-order valence-corrected chi connectivity index (χ4v) is 2.01. The molecule has 2 aromatic rings. The molecule has 1 aromatic carbocycles. The highest BCUT2D eigenvalue weighted by Crippen LogP contribution is 2.25. The number of fused-ring (bicyclic) bond motifs is 1. The number of hydrogen-bond donors (Lipinski definition) is 0. The van der Waals surface area contributed by atoms with E-state index in [1.807, 2.05) is 42.9 Å². The minimum absolute atomic E-state index is 0.334. The van der Waals surface area contributed by atoms with Crippen LogP contribution in [0.2, 0.25) is 0 Å². The van der Waals surface area contributed by atoms with Crippen molar-refractivity contribution in [1.82, 2.24) is 9.47 Å². The van der Waals surface area contributed by atoms with Gasteiger partial charge in [-0.25, -0.2) is 4.39 Å². The molecule has 18 heavy (non-hydrogen) atoms. The second-order valence-corrected chi connectivity index (χ2v) is 4.42. The standard InChI is InChI=1S/C14H15FN2O/c1-16(2)7-6-14-12(9-18)11-8-10(15)4-5-13(11)17(14)3/h4-9H,1-3H3/b7-6+. The Morgan fingerprint density at radius 2 is 2.06 bits per heavy atom. The molecule has 4 heteroatoms. The van der Waals surface area contributed by atoms with Gasteiger partial charge in [0.15, 0.2) is 6.29 Å². The largest absolute Gasteiger partial charge is 0.383 e. The summed E-state index contributed by atoms with van der Waals surface area (Å²) in [5.74, 6) is -0.334. The van der Waals surface area contributed by atoms with E-state index in [-0.39, 0.29) is 5.82 Å². The molecule has 0 unspecified atom stereocenters. The molecule has 0 amide bonds. The lowest BCUT2D eigenvalue weighted by molar-refractivity contribution is 0.112. The first kappa shape index (κ1) is 12.4. The second-order valence-electron chi connectivity index (χ2n) is 4.42. The maximum absolute atomic E-state index is 13.3. The predicted molar refractivity (Wildman–Crippen MR) is 71.0 cm³/mol. The van der Waals surface area contributed by atoms with E-state index in [4.69, 9.17) is 0 Å². The van der Waals surface area contributed by atoms with Gasteiger partial charge in [-0.05, 0) is 24.3 Å². The summed E-state index contributed by atoms with van der Waals surface area (Å²) in [7, 11) is 5.67. The van der Waals surface area contributed by atoms with Crippen molar-refractivity contribution in [2.24, 2.45) is 7.05 Å². The van der Waals surface area contributed by atoms with Crippen LogP contribution in [0.15, 0.2) is 24.4 Å². The van der Waals surface area contributed by atoms with Crippen LogP contribution in [-0.4, -0.2) is 29.8 Å². The zero-order chi connectivity index (χ0) is 13.3. The van der Waals surface area contributed by atoms with E-state index in [0.29, 0.717) is 10.9 Å². The van der Waals surface area contributed by atoms with Crippen LogP contribution >= 0.6 is 0 Å². The van der Waals surface area contributed by atoms with Gasteiger partial charge in [-0.1, -0.05) is 0 Å². The van der Waals surface area contributed by atoms with E-state index in [1.165, 1.54) is 12.1 Å².